The molecular weight excluding hydrogens is 192 g/mol. The molecule has 0 bridgehead atoms. The zero-order chi connectivity index (χ0) is 10.7. The first-order valence-corrected chi connectivity index (χ1v) is 5.47. The van der Waals surface area contributed by atoms with Gasteiger partial charge in [-0.3, -0.25) is 4.90 Å². The molecule has 0 radical (unpaired) electrons. The van der Waals surface area contributed by atoms with E-state index in [1.54, 1.807) is 7.05 Å². The van der Waals surface area contributed by atoms with Crippen LogP contribution in [0.3, 0.4) is 0 Å². The molecule has 6 heteroatoms. The van der Waals surface area contributed by atoms with Gasteiger partial charge in [0.2, 0.25) is 0 Å². The van der Waals surface area contributed by atoms with Gasteiger partial charge in [-0.15, -0.1) is 10.2 Å². The van der Waals surface area contributed by atoms with Crippen LogP contribution >= 0.6 is 0 Å². The number of hydrogen-bond donors (Lipinski definition) is 1. The fraction of sp³-hybridized carbons (Fsp3) is 0.889. The van der Waals surface area contributed by atoms with Gasteiger partial charge in [0.1, 0.15) is 0 Å². The smallest absolute Gasteiger partial charge is 0.188 e. The molecule has 1 N–H and O–H groups in total. The topological polar surface area (TPSA) is 58.9 Å². The molecular formula is C9H18N6. The summed E-state index contributed by atoms with van der Waals surface area (Å²) in [5, 5.41) is 15.4. The molecule has 0 saturated carbocycles. The summed E-state index contributed by atoms with van der Waals surface area (Å²) < 4.78 is 0. The maximum Gasteiger partial charge on any atom is 0.188 e. The Balaban J connectivity index is 1.95. The molecule has 15 heavy (non-hydrogen) atoms. The van der Waals surface area contributed by atoms with E-state index in [-0.39, 0.29) is 0 Å². The first kappa shape index (κ1) is 10.5. The van der Waals surface area contributed by atoms with Crippen LogP contribution in [0.5, 0.6) is 0 Å². The fourth-order valence-electron chi connectivity index (χ4n) is 2.02. The molecule has 2 heterocycles. The molecule has 1 unspecified atom stereocenters. The molecule has 1 aromatic rings. The van der Waals surface area contributed by atoms with E-state index in [4.69, 9.17) is 0 Å². The van der Waals surface area contributed by atoms with Crippen LogP contribution in [0, 0.1) is 0 Å². The Morgan fingerprint density at radius 2 is 2.47 bits per heavy atom. The predicted molar refractivity (Wildman–Crippen MR) is 56.2 cm³/mol. The highest BCUT2D eigenvalue weighted by molar-refractivity contribution is 4.84. The van der Waals surface area contributed by atoms with E-state index in [0.717, 1.165) is 32.0 Å². The van der Waals surface area contributed by atoms with Gasteiger partial charge in [-0.2, -0.15) is 4.80 Å². The van der Waals surface area contributed by atoms with Crippen molar-refractivity contribution in [3.05, 3.63) is 5.82 Å². The van der Waals surface area contributed by atoms with E-state index < -0.39 is 0 Å². The van der Waals surface area contributed by atoms with E-state index in [1.807, 2.05) is 0 Å². The number of likely N-dealkylation sites (N-methyl/N-ethyl adjacent to an activating group) is 1. The summed E-state index contributed by atoms with van der Waals surface area (Å²) in [6, 6.07) is 0.624. The lowest BCUT2D eigenvalue weighted by atomic mass is 10.2. The van der Waals surface area contributed by atoms with Gasteiger partial charge in [0.25, 0.3) is 0 Å². The van der Waals surface area contributed by atoms with Gasteiger partial charge >= 0.3 is 0 Å². The van der Waals surface area contributed by atoms with E-state index in [9.17, 15) is 0 Å². The van der Waals surface area contributed by atoms with Crippen molar-refractivity contribution in [1.29, 1.82) is 0 Å². The highest BCUT2D eigenvalue weighted by Gasteiger charge is 2.22. The van der Waals surface area contributed by atoms with E-state index >= 15 is 0 Å². The second-order valence-electron chi connectivity index (χ2n) is 3.90. The van der Waals surface area contributed by atoms with E-state index in [0.29, 0.717) is 6.04 Å². The number of nitrogens with one attached hydrogen (secondary N) is 1. The lowest BCUT2D eigenvalue weighted by Gasteiger charge is -2.25. The lowest BCUT2D eigenvalue weighted by molar-refractivity contribution is 0.205. The highest BCUT2D eigenvalue weighted by Crippen LogP contribution is 2.10. The highest BCUT2D eigenvalue weighted by atomic mass is 15.6. The van der Waals surface area contributed by atoms with Gasteiger partial charge in [-0.25, -0.2) is 0 Å². The molecule has 0 aliphatic carbocycles. The molecule has 1 fully saturated rings. The van der Waals surface area contributed by atoms with Crippen molar-refractivity contribution in [1.82, 2.24) is 30.4 Å². The number of nitrogens with zero attached hydrogens (tertiary/aromatic N) is 5. The normalized spacial score (nSPS) is 21.4. The Morgan fingerprint density at radius 3 is 3.00 bits per heavy atom. The molecule has 0 aromatic carbocycles. The van der Waals surface area contributed by atoms with Crippen LogP contribution in [0.2, 0.25) is 0 Å². The molecule has 1 saturated heterocycles. The van der Waals surface area contributed by atoms with Crippen LogP contribution in [0.1, 0.15) is 19.2 Å². The molecule has 2 rings (SSSR count). The molecule has 1 aliphatic heterocycles. The maximum absolute atomic E-state index is 4.20. The minimum atomic E-state index is 0.624. The summed E-state index contributed by atoms with van der Waals surface area (Å²) in [4.78, 5) is 3.91. The van der Waals surface area contributed by atoms with Crippen molar-refractivity contribution in [2.75, 3.05) is 19.6 Å². The van der Waals surface area contributed by atoms with Gasteiger partial charge in [0, 0.05) is 12.6 Å². The van der Waals surface area contributed by atoms with E-state index in [2.05, 4.69) is 32.6 Å². The Bertz CT molecular complexity index is 303. The monoisotopic (exact) mass is 210 g/mol. The van der Waals surface area contributed by atoms with Crippen LogP contribution in [0.4, 0.5) is 0 Å². The largest absolute Gasteiger partial charge is 0.315 e. The quantitative estimate of drug-likeness (QED) is 0.718. The summed E-state index contributed by atoms with van der Waals surface area (Å²) in [6.45, 7) is 6.21. The van der Waals surface area contributed by atoms with Gasteiger partial charge in [-0.1, -0.05) is 6.92 Å². The minimum Gasteiger partial charge on any atom is -0.315 e. The first-order valence-electron chi connectivity index (χ1n) is 5.47. The Labute approximate surface area is 89.6 Å². The summed E-state index contributed by atoms with van der Waals surface area (Å²) in [5.41, 5.74) is 0. The zero-order valence-corrected chi connectivity index (χ0v) is 9.35. The first-order chi connectivity index (χ1) is 7.29. The van der Waals surface area contributed by atoms with Crippen molar-refractivity contribution in [2.24, 2.45) is 7.05 Å². The third kappa shape index (κ3) is 2.51. The number of aromatic nitrogens is 4. The Morgan fingerprint density at radius 1 is 1.60 bits per heavy atom. The Hall–Kier alpha value is -1.01. The molecule has 6 nitrogen and oxygen atoms in total. The zero-order valence-electron chi connectivity index (χ0n) is 9.35. The average Bonchev–Trinajstić information content (AvgIpc) is 2.85. The van der Waals surface area contributed by atoms with Crippen LogP contribution in [-0.2, 0) is 13.6 Å². The molecule has 0 spiro atoms. The van der Waals surface area contributed by atoms with Crippen molar-refractivity contribution in [3.63, 3.8) is 0 Å². The molecule has 1 aromatic heterocycles. The number of tetrazole rings is 1. The Kier molecular flexibility index (Phi) is 3.27. The van der Waals surface area contributed by atoms with Crippen LogP contribution in [0.25, 0.3) is 0 Å². The second-order valence-corrected chi connectivity index (χ2v) is 3.90. The third-order valence-electron chi connectivity index (χ3n) is 2.85. The van der Waals surface area contributed by atoms with Crippen molar-refractivity contribution in [2.45, 2.75) is 25.9 Å². The van der Waals surface area contributed by atoms with Crippen molar-refractivity contribution in [3.8, 4) is 0 Å². The van der Waals surface area contributed by atoms with Gasteiger partial charge < -0.3 is 5.32 Å². The van der Waals surface area contributed by atoms with Crippen LogP contribution in [-0.4, -0.2) is 50.8 Å². The lowest BCUT2D eigenvalue weighted by Crippen LogP contribution is -2.36. The van der Waals surface area contributed by atoms with E-state index in [1.165, 1.54) is 11.2 Å². The summed E-state index contributed by atoms with van der Waals surface area (Å²) in [7, 11) is 1.80. The van der Waals surface area contributed by atoms with Crippen molar-refractivity contribution < 1.29 is 0 Å². The maximum atomic E-state index is 4.20. The van der Waals surface area contributed by atoms with Gasteiger partial charge in [0.05, 0.1) is 13.6 Å². The van der Waals surface area contributed by atoms with Crippen LogP contribution in [0.15, 0.2) is 0 Å². The second kappa shape index (κ2) is 4.67. The van der Waals surface area contributed by atoms with Crippen LogP contribution < -0.4 is 5.32 Å². The molecule has 0 amide bonds. The third-order valence-corrected chi connectivity index (χ3v) is 2.85. The molecule has 84 valence electrons. The summed E-state index contributed by atoms with van der Waals surface area (Å²) in [5.74, 6) is 0.811. The summed E-state index contributed by atoms with van der Waals surface area (Å²) in [6.07, 6.45) is 1.22. The number of rotatable bonds is 4. The minimum absolute atomic E-state index is 0.624. The fourth-order valence-corrected chi connectivity index (χ4v) is 2.02. The number of aryl methyl sites for hydroxylation is 1. The van der Waals surface area contributed by atoms with Gasteiger partial charge in [-0.05, 0) is 24.7 Å². The molecule has 1 atom stereocenters. The SMILES string of the molecule is CCN(Cc1nnn(C)n1)C1CCNC1. The standard InChI is InChI=1S/C9H18N6/c1-3-15(8-4-5-10-6-8)7-9-11-13-14(2)12-9/h8,10H,3-7H2,1-2H3. The predicted octanol–water partition coefficient (Wildman–Crippen LogP) is -0.606. The number of hydrogen-bond acceptors (Lipinski definition) is 5. The average molecular weight is 210 g/mol. The van der Waals surface area contributed by atoms with Gasteiger partial charge in [0.15, 0.2) is 5.82 Å². The van der Waals surface area contributed by atoms with Crippen molar-refractivity contribution >= 4 is 0 Å². The molecule has 1 aliphatic rings. The summed E-state index contributed by atoms with van der Waals surface area (Å²) >= 11 is 0.